The predicted molar refractivity (Wildman–Crippen MR) is 166 cm³/mol. The van der Waals surface area contributed by atoms with Gasteiger partial charge in [0.1, 0.15) is 5.60 Å². The summed E-state index contributed by atoms with van der Waals surface area (Å²) in [6, 6.07) is 27.8. The number of hydrogen-bond donors (Lipinski definition) is 2. The first kappa shape index (κ1) is 27.7. The Hall–Kier alpha value is -1.81. The van der Waals surface area contributed by atoms with Gasteiger partial charge >= 0.3 is 0 Å². The highest BCUT2D eigenvalue weighted by atomic mass is 32.2. The van der Waals surface area contributed by atoms with Crippen LogP contribution in [0, 0.1) is 11.8 Å². The first-order valence-corrected chi connectivity index (χ1v) is 16.5. The van der Waals surface area contributed by atoms with Crippen molar-refractivity contribution in [2.45, 2.75) is 70.5 Å². The molecule has 1 atom stereocenters. The minimum atomic E-state index is -1.05. The third-order valence-corrected chi connectivity index (χ3v) is 12.3. The van der Waals surface area contributed by atoms with Crippen LogP contribution < -0.4 is 5.32 Å². The number of nitrogens with one attached hydrogen (secondary N) is 1. The smallest absolute Gasteiger partial charge is 0.140 e. The molecular weight excluding hydrogens is 523 g/mol. The zero-order chi connectivity index (χ0) is 26.3. The molecule has 0 spiro atoms. The molecule has 0 radical (unpaired) electrons. The average Bonchev–Trinajstić information content (AvgIpc) is 2.97. The molecule has 3 aromatic carbocycles. The number of fused-ring (bicyclic) bond motifs is 2. The summed E-state index contributed by atoms with van der Waals surface area (Å²) in [7, 11) is 2.02. The minimum absolute atomic E-state index is 0.212. The van der Waals surface area contributed by atoms with Crippen molar-refractivity contribution in [1.82, 2.24) is 5.32 Å². The first-order valence-electron chi connectivity index (χ1n) is 13.7. The maximum absolute atomic E-state index is 12.8. The van der Waals surface area contributed by atoms with E-state index >= 15 is 0 Å². The molecule has 0 aromatic heterocycles. The second kappa shape index (κ2) is 13.0. The highest BCUT2D eigenvalue weighted by molar-refractivity contribution is 8.18. The van der Waals surface area contributed by atoms with Crippen LogP contribution >= 0.6 is 35.3 Å². The lowest BCUT2D eigenvalue weighted by molar-refractivity contribution is 0.0578. The SMILES string of the molecule is CNC(C#CCCC1(C2(O)c3ccccc3Sc3ccccc32)SCCCS1)CCCCc1ccccc1. The highest BCUT2D eigenvalue weighted by Crippen LogP contribution is 2.63. The van der Waals surface area contributed by atoms with Crippen molar-refractivity contribution in [1.29, 1.82) is 0 Å². The molecule has 0 saturated carbocycles. The van der Waals surface area contributed by atoms with Gasteiger partial charge in [-0.05, 0) is 68.4 Å². The van der Waals surface area contributed by atoms with Crippen LogP contribution in [0.1, 0.15) is 55.2 Å². The monoisotopic (exact) mass is 559 g/mol. The molecule has 1 unspecified atom stereocenters. The van der Waals surface area contributed by atoms with Gasteiger partial charge in [-0.2, -0.15) is 0 Å². The van der Waals surface area contributed by atoms with Crippen molar-refractivity contribution in [3.05, 3.63) is 95.6 Å². The van der Waals surface area contributed by atoms with Gasteiger partial charge in [0, 0.05) is 27.3 Å². The number of aliphatic hydroxyl groups is 1. The fraction of sp³-hybridized carbons (Fsp3) is 0.394. The molecule has 5 rings (SSSR count). The molecule has 5 heteroatoms. The van der Waals surface area contributed by atoms with E-state index in [0.717, 1.165) is 64.5 Å². The number of unbranched alkanes of at least 4 members (excludes halogenated alkanes) is 1. The van der Waals surface area contributed by atoms with E-state index in [1.807, 2.05) is 30.6 Å². The molecular formula is C33H37NOS3. The van der Waals surface area contributed by atoms with E-state index in [-0.39, 0.29) is 10.1 Å². The maximum Gasteiger partial charge on any atom is 0.140 e. The van der Waals surface area contributed by atoms with Crippen LogP contribution in [0.5, 0.6) is 0 Å². The van der Waals surface area contributed by atoms with E-state index in [1.54, 1.807) is 11.8 Å². The third kappa shape index (κ3) is 5.86. The fourth-order valence-electron chi connectivity index (χ4n) is 5.53. The van der Waals surface area contributed by atoms with Gasteiger partial charge in [-0.25, -0.2) is 0 Å². The van der Waals surface area contributed by atoms with E-state index in [4.69, 9.17) is 0 Å². The standard InChI is InChI=1S/C33H37NOS3/c1-34-27(17-6-5-16-26-14-3-2-4-15-26)18-11-12-23-32(36-24-13-25-37-32)33(35)28-19-7-9-21-30(28)38-31-22-10-8-20-29(31)33/h2-4,7-10,14-15,19-22,27,34-35H,5-6,12-13,16-17,23-25H2,1H3. The lowest BCUT2D eigenvalue weighted by atomic mass is 9.80. The Labute approximate surface area is 241 Å². The van der Waals surface area contributed by atoms with Gasteiger partial charge in [0.05, 0.1) is 10.1 Å². The summed E-state index contributed by atoms with van der Waals surface area (Å²) in [6.45, 7) is 0. The fourth-order valence-corrected chi connectivity index (χ4v) is 10.3. The van der Waals surface area contributed by atoms with Gasteiger partial charge in [0.25, 0.3) is 0 Å². The van der Waals surface area contributed by atoms with Gasteiger partial charge < -0.3 is 10.4 Å². The zero-order valence-electron chi connectivity index (χ0n) is 22.1. The van der Waals surface area contributed by atoms with Crippen LogP contribution in [0.25, 0.3) is 0 Å². The molecule has 2 nitrogen and oxygen atoms in total. The van der Waals surface area contributed by atoms with Crippen molar-refractivity contribution in [3.63, 3.8) is 0 Å². The van der Waals surface area contributed by atoms with Crippen molar-refractivity contribution in [2.24, 2.45) is 0 Å². The van der Waals surface area contributed by atoms with Crippen molar-refractivity contribution in [2.75, 3.05) is 18.6 Å². The van der Waals surface area contributed by atoms with Crippen molar-refractivity contribution < 1.29 is 5.11 Å². The predicted octanol–water partition coefficient (Wildman–Crippen LogP) is 7.74. The zero-order valence-corrected chi connectivity index (χ0v) is 24.6. The largest absolute Gasteiger partial charge is 0.378 e. The molecule has 0 bridgehead atoms. The van der Waals surface area contributed by atoms with Crippen molar-refractivity contribution in [3.8, 4) is 11.8 Å². The summed E-state index contributed by atoms with van der Waals surface area (Å²) in [5, 5.41) is 16.2. The first-order chi connectivity index (χ1) is 18.7. The lowest BCUT2D eigenvalue weighted by Gasteiger charge is -2.51. The van der Waals surface area contributed by atoms with E-state index < -0.39 is 5.60 Å². The Morgan fingerprint density at radius 2 is 1.50 bits per heavy atom. The normalized spacial score (nSPS) is 17.9. The van der Waals surface area contributed by atoms with Crippen LogP contribution in [0.2, 0.25) is 0 Å². The van der Waals surface area contributed by atoms with Gasteiger partial charge in [0.15, 0.2) is 0 Å². The lowest BCUT2D eigenvalue weighted by Crippen LogP contribution is -2.51. The topological polar surface area (TPSA) is 32.3 Å². The molecule has 2 aliphatic rings. The molecule has 2 aliphatic heterocycles. The van der Waals surface area contributed by atoms with E-state index in [1.165, 1.54) is 18.4 Å². The molecule has 0 aliphatic carbocycles. The Kier molecular flexibility index (Phi) is 9.51. The van der Waals surface area contributed by atoms with Gasteiger partial charge in [-0.15, -0.1) is 29.4 Å². The molecule has 38 heavy (non-hydrogen) atoms. The van der Waals surface area contributed by atoms with Crippen molar-refractivity contribution >= 4 is 35.3 Å². The van der Waals surface area contributed by atoms with Crippen LogP contribution in [-0.4, -0.2) is 33.8 Å². The summed E-state index contributed by atoms with van der Waals surface area (Å²) in [5.74, 6) is 9.17. The van der Waals surface area contributed by atoms with E-state index in [2.05, 4.69) is 96.0 Å². The number of aryl methyl sites for hydroxylation is 1. The molecule has 3 aromatic rings. The second-order valence-electron chi connectivity index (χ2n) is 10.0. The van der Waals surface area contributed by atoms with Gasteiger partial charge in [-0.1, -0.05) is 90.8 Å². The number of thioether (sulfide) groups is 2. The quantitative estimate of drug-likeness (QED) is 0.207. The maximum atomic E-state index is 12.8. The van der Waals surface area contributed by atoms with Crippen LogP contribution in [-0.2, 0) is 12.0 Å². The number of rotatable bonds is 9. The molecule has 2 N–H and O–H groups in total. The molecule has 1 saturated heterocycles. The Bertz CT molecular complexity index is 1210. The Morgan fingerprint density at radius 3 is 2.16 bits per heavy atom. The van der Waals surface area contributed by atoms with Crippen LogP contribution in [0.15, 0.2) is 88.7 Å². The van der Waals surface area contributed by atoms with E-state index in [9.17, 15) is 5.11 Å². The van der Waals surface area contributed by atoms with E-state index in [0.29, 0.717) is 0 Å². The Balaban J connectivity index is 1.31. The van der Waals surface area contributed by atoms with Gasteiger partial charge in [0.2, 0.25) is 0 Å². The summed E-state index contributed by atoms with van der Waals surface area (Å²) >= 11 is 5.66. The summed E-state index contributed by atoms with van der Waals surface area (Å²) in [4.78, 5) is 2.33. The average molecular weight is 560 g/mol. The minimum Gasteiger partial charge on any atom is -0.378 e. The van der Waals surface area contributed by atoms with Crippen LogP contribution in [0.3, 0.4) is 0 Å². The number of hydrogen-bond acceptors (Lipinski definition) is 5. The second-order valence-corrected chi connectivity index (χ2v) is 14.1. The third-order valence-electron chi connectivity index (χ3n) is 7.54. The molecule has 1 fully saturated rings. The van der Waals surface area contributed by atoms with Gasteiger partial charge in [-0.3, -0.25) is 0 Å². The molecule has 198 valence electrons. The summed E-state index contributed by atoms with van der Waals surface area (Å²) in [5.41, 5.74) is 2.45. The summed E-state index contributed by atoms with van der Waals surface area (Å²) in [6.07, 6.45) is 7.35. The molecule has 2 heterocycles. The number of benzene rings is 3. The highest BCUT2D eigenvalue weighted by Gasteiger charge is 2.56. The summed E-state index contributed by atoms with van der Waals surface area (Å²) < 4.78 is -0.363. The van der Waals surface area contributed by atoms with Crippen LogP contribution in [0.4, 0.5) is 0 Å². The Morgan fingerprint density at radius 1 is 0.868 bits per heavy atom. The molecule has 0 amide bonds.